The lowest BCUT2D eigenvalue weighted by molar-refractivity contribution is 0.112. The van der Waals surface area contributed by atoms with Crippen molar-refractivity contribution in [2.75, 3.05) is 33.2 Å². The molecule has 0 saturated heterocycles. The van der Waals surface area contributed by atoms with Crippen molar-refractivity contribution in [3.8, 4) is 22.6 Å². The van der Waals surface area contributed by atoms with Gasteiger partial charge in [-0.1, -0.05) is 12.1 Å². The lowest BCUT2D eigenvalue weighted by Gasteiger charge is -2.16. The van der Waals surface area contributed by atoms with Crippen molar-refractivity contribution in [1.82, 2.24) is 0 Å². The van der Waals surface area contributed by atoms with Gasteiger partial charge in [0.15, 0.2) is 11.5 Å². The van der Waals surface area contributed by atoms with E-state index in [0.29, 0.717) is 17.1 Å². The van der Waals surface area contributed by atoms with Crippen molar-refractivity contribution in [3.05, 3.63) is 42.0 Å². The zero-order valence-corrected chi connectivity index (χ0v) is 12.7. The number of nitrogens with zero attached hydrogens (tertiary/aromatic N) is 1. The Morgan fingerprint density at radius 3 is 2.14 bits per heavy atom. The maximum absolute atomic E-state index is 11.1. The Morgan fingerprint density at radius 1 is 1.00 bits per heavy atom. The molecule has 2 aromatic carbocycles. The second kappa shape index (κ2) is 6.31. The van der Waals surface area contributed by atoms with Gasteiger partial charge in [-0.3, -0.25) is 4.79 Å². The van der Waals surface area contributed by atoms with E-state index in [9.17, 15) is 4.79 Å². The van der Waals surface area contributed by atoms with Gasteiger partial charge in [0, 0.05) is 30.9 Å². The average Bonchev–Trinajstić information content (AvgIpc) is 2.53. The molecule has 4 heteroatoms. The fourth-order valence-corrected chi connectivity index (χ4v) is 2.21. The summed E-state index contributed by atoms with van der Waals surface area (Å²) in [5.74, 6) is 1.18. The van der Waals surface area contributed by atoms with E-state index in [1.165, 1.54) is 0 Å². The highest BCUT2D eigenvalue weighted by atomic mass is 16.5. The standard InChI is InChI=1S/C17H19NO3/c1-18(2)14-7-5-13(6-8-14)15-9-12(11-19)10-16(20-3)17(15)21-4/h5-11H,1-4H3. The molecule has 0 unspecified atom stereocenters. The third-order valence-electron chi connectivity index (χ3n) is 3.33. The fraction of sp³-hybridized carbons (Fsp3) is 0.235. The van der Waals surface area contributed by atoms with Crippen LogP contribution in [0.15, 0.2) is 36.4 Å². The predicted octanol–water partition coefficient (Wildman–Crippen LogP) is 3.25. The van der Waals surface area contributed by atoms with E-state index in [1.54, 1.807) is 26.4 Å². The minimum absolute atomic E-state index is 0.550. The summed E-state index contributed by atoms with van der Waals surface area (Å²) < 4.78 is 10.8. The van der Waals surface area contributed by atoms with Gasteiger partial charge in [-0.25, -0.2) is 0 Å². The van der Waals surface area contributed by atoms with E-state index in [4.69, 9.17) is 9.47 Å². The van der Waals surface area contributed by atoms with Crippen LogP contribution in [-0.2, 0) is 0 Å². The first-order valence-electron chi connectivity index (χ1n) is 6.59. The predicted molar refractivity (Wildman–Crippen MR) is 84.7 cm³/mol. The SMILES string of the molecule is COc1cc(C=O)cc(-c2ccc(N(C)C)cc2)c1OC. The molecule has 4 nitrogen and oxygen atoms in total. The van der Waals surface area contributed by atoms with Crippen LogP contribution in [0.3, 0.4) is 0 Å². The van der Waals surface area contributed by atoms with E-state index < -0.39 is 0 Å². The van der Waals surface area contributed by atoms with Crippen molar-refractivity contribution >= 4 is 12.0 Å². The normalized spacial score (nSPS) is 10.1. The molecule has 2 aromatic rings. The molecule has 0 amide bonds. The molecule has 0 saturated carbocycles. The molecule has 0 aliphatic heterocycles. The van der Waals surface area contributed by atoms with Crippen molar-refractivity contribution < 1.29 is 14.3 Å². The van der Waals surface area contributed by atoms with Gasteiger partial charge < -0.3 is 14.4 Å². The summed E-state index contributed by atoms with van der Waals surface area (Å²) in [7, 11) is 7.14. The summed E-state index contributed by atoms with van der Waals surface area (Å²) in [6.45, 7) is 0. The van der Waals surface area contributed by atoms with Crippen LogP contribution in [0.4, 0.5) is 5.69 Å². The zero-order valence-electron chi connectivity index (χ0n) is 12.7. The Balaban J connectivity index is 2.58. The first-order chi connectivity index (χ1) is 10.1. The second-order valence-corrected chi connectivity index (χ2v) is 4.86. The number of hydrogen-bond acceptors (Lipinski definition) is 4. The zero-order chi connectivity index (χ0) is 15.4. The Kier molecular flexibility index (Phi) is 4.48. The van der Waals surface area contributed by atoms with E-state index in [1.807, 2.05) is 43.3 Å². The summed E-state index contributed by atoms with van der Waals surface area (Å²) >= 11 is 0. The van der Waals surface area contributed by atoms with Crippen LogP contribution in [0.25, 0.3) is 11.1 Å². The molecule has 21 heavy (non-hydrogen) atoms. The largest absolute Gasteiger partial charge is 0.493 e. The number of methoxy groups -OCH3 is 2. The Morgan fingerprint density at radius 2 is 1.67 bits per heavy atom. The third-order valence-corrected chi connectivity index (χ3v) is 3.33. The van der Waals surface area contributed by atoms with Gasteiger partial charge in [-0.05, 0) is 29.8 Å². The van der Waals surface area contributed by atoms with Gasteiger partial charge in [-0.15, -0.1) is 0 Å². The summed E-state index contributed by atoms with van der Waals surface area (Å²) in [6, 6.07) is 11.5. The lowest BCUT2D eigenvalue weighted by atomic mass is 10.0. The number of carbonyl (C=O) groups is 1. The maximum Gasteiger partial charge on any atom is 0.168 e. The van der Waals surface area contributed by atoms with Gasteiger partial charge in [-0.2, -0.15) is 0 Å². The molecule has 0 N–H and O–H groups in total. The molecule has 0 fully saturated rings. The van der Waals surface area contributed by atoms with E-state index in [0.717, 1.165) is 23.1 Å². The van der Waals surface area contributed by atoms with Crippen LogP contribution in [-0.4, -0.2) is 34.6 Å². The highest BCUT2D eigenvalue weighted by Crippen LogP contribution is 2.39. The van der Waals surface area contributed by atoms with Crippen molar-refractivity contribution in [2.45, 2.75) is 0 Å². The molecule has 0 aromatic heterocycles. The van der Waals surface area contributed by atoms with Gasteiger partial charge in [0.1, 0.15) is 6.29 Å². The molecule has 0 aliphatic carbocycles. The molecule has 0 aliphatic rings. The number of aldehydes is 1. The van der Waals surface area contributed by atoms with Crippen molar-refractivity contribution in [2.24, 2.45) is 0 Å². The third kappa shape index (κ3) is 2.99. The lowest BCUT2D eigenvalue weighted by Crippen LogP contribution is -2.07. The number of anilines is 1. The van der Waals surface area contributed by atoms with E-state index >= 15 is 0 Å². The highest BCUT2D eigenvalue weighted by Gasteiger charge is 2.14. The van der Waals surface area contributed by atoms with E-state index in [2.05, 4.69) is 0 Å². The molecule has 110 valence electrons. The molecule has 0 radical (unpaired) electrons. The molecule has 0 atom stereocenters. The molecule has 2 rings (SSSR count). The van der Waals surface area contributed by atoms with Gasteiger partial charge >= 0.3 is 0 Å². The number of ether oxygens (including phenoxy) is 2. The minimum Gasteiger partial charge on any atom is -0.493 e. The first kappa shape index (κ1) is 14.9. The minimum atomic E-state index is 0.550. The quantitative estimate of drug-likeness (QED) is 0.790. The topological polar surface area (TPSA) is 38.8 Å². The monoisotopic (exact) mass is 285 g/mol. The molecule has 0 spiro atoms. The van der Waals surface area contributed by atoms with Crippen molar-refractivity contribution in [1.29, 1.82) is 0 Å². The molecule has 0 bridgehead atoms. The number of rotatable bonds is 5. The van der Waals surface area contributed by atoms with Crippen LogP contribution in [0.1, 0.15) is 10.4 Å². The maximum atomic E-state index is 11.1. The number of benzene rings is 2. The highest BCUT2D eigenvalue weighted by molar-refractivity contribution is 5.84. The van der Waals surface area contributed by atoms with E-state index in [-0.39, 0.29) is 0 Å². The summed E-state index contributed by atoms with van der Waals surface area (Å²) in [6.07, 6.45) is 0.805. The van der Waals surface area contributed by atoms with Gasteiger partial charge in [0.2, 0.25) is 0 Å². The Bertz CT molecular complexity index is 633. The Labute approximate surface area is 124 Å². The van der Waals surface area contributed by atoms with Crippen LogP contribution in [0.2, 0.25) is 0 Å². The van der Waals surface area contributed by atoms with Crippen LogP contribution < -0.4 is 14.4 Å². The summed E-state index contributed by atoms with van der Waals surface area (Å²) in [5, 5.41) is 0. The molecule has 0 heterocycles. The van der Waals surface area contributed by atoms with Crippen LogP contribution >= 0.6 is 0 Å². The summed E-state index contributed by atoms with van der Waals surface area (Å²) in [4.78, 5) is 13.1. The van der Waals surface area contributed by atoms with Crippen LogP contribution in [0.5, 0.6) is 11.5 Å². The first-order valence-corrected chi connectivity index (χ1v) is 6.59. The summed E-state index contributed by atoms with van der Waals surface area (Å²) in [5.41, 5.74) is 3.47. The molecular formula is C17H19NO3. The number of hydrogen-bond donors (Lipinski definition) is 0. The van der Waals surface area contributed by atoms with Crippen molar-refractivity contribution in [3.63, 3.8) is 0 Å². The van der Waals surface area contributed by atoms with Gasteiger partial charge in [0.25, 0.3) is 0 Å². The Hall–Kier alpha value is -2.49. The average molecular weight is 285 g/mol. The van der Waals surface area contributed by atoms with Gasteiger partial charge in [0.05, 0.1) is 14.2 Å². The van der Waals surface area contributed by atoms with Crippen LogP contribution in [0, 0.1) is 0 Å². The molecular weight excluding hydrogens is 266 g/mol. The second-order valence-electron chi connectivity index (χ2n) is 4.86. The fourth-order valence-electron chi connectivity index (χ4n) is 2.21. The number of carbonyl (C=O) groups excluding carboxylic acids is 1. The smallest absolute Gasteiger partial charge is 0.168 e.